The van der Waals surface area contributed by atoms with E-state index in [2.05, 4.69) is 24.7 Å². The number of hydrogen-bond acceptors (Lipinski definition) is 10. The van der Waals surface area contributed by atoms with Gasteiger partial charge in [-0.2, -0.15) is 9.97 Å². The van der Waals surface area contributed by atoms with Gasteiger partial charge in [-0.3, -0.25) is 4.90 Å². The van der Waals surface area contributed by atoms with Crippen molar-refractivity contribution in [2.45, 2.75) is 56.1 Å². The summed E-state index contributed by atoms with van der Waals surface area (Å²) in [4.78, 5) is 36.3. The number of phosphoric acid groups is 1. The van der Waals surface area contributed by atoms with E-state index in [1.54, 1.807) is 0 Å². The Bertz CT molecular complexity index is 2000. The third kappa shape index (κ3) is 6.09. The molecule has 4 aliphatic heterocycles. The van der Waals surface area contributed by atoms with Crippen LogP contribution in [0.5, 0.6) is 11.8 Å². The number of benzene rings is 2. The molecule has 4 fully saturated rings. The molecule has 2 unspecified atom stereocenters. The molecule has 0 amide bonds. The van der Waals surface area contributed by atoms with Crippen molar-refractivity contribution >= 4 is 46.9 Å². The van der Waals surface area contributed by atoms with Crippen molar-refractivity contribution in [1.29, 1.82) is 0 Å². The predicted octanol–water partition coefficient (Wildman–Crippen LogP) is 5.31. The van der Waals surface area contributed by atoms with Gasteiger partial charge in [-0.25, -0.2) is 27.2 Å². The molecular formula is C32H33ClF3N6O6P. The van der Waals surface area contributed by atoms with E-state index in [0.717, 1.165) is 57.7 Å². The number of ether oxygens (including phenoxy) is 2. The standard InChI is InChI=1S/C32H33ClF3N6O6P/c33-29-24-28(26(36)27(38-29)21-12-20(47-16-48-49(43,44)45)11-17-3-6-22(34)25(35)23(17)21)39-31(46-15-32-7-1-9-42(32)10-2-8-32)40-30(24)41-13-18-4-5-19(14-41)37-18/h3,6,11-12,18-19,37H,1-2,4-5,7-10,13-16H2,(H2,43,44,45). The van der Waals surface area contributed by atoms with Gasteiger partial charge in [0.25, 0.3) is 0 Å². The summed E-state index contributed by atoms with van der Waals surface area (Å²) in [6.45, 7) is 2.65. The zero-order valence-corrected chi connectivity index (χ0v) is 27.8. The highest BCUT2D eigenvalue weighted by Crippen LogP contribution is 2.43. The van der Waals surface area contributed by atoms with Crippen molar-refractivity contribution in [3.05, 3.63) is 46.9 Å². The molecule has 4 saturated heterocycles. The van der Waals surface area contributed by atoms with Crippen LogP contribution in [0.15, 0.2) is 24.3 Å². The SMILES string of the molecule is O=P(O)(O)OCOc1cc(-c2nc(Cl)c3c(N4CC5CCC(C4)N5)nc(OCC45CCCN4CCC5)nc3c2F)c2c(F)c(F)ccc2c1. The average Bonchev–Trinajstić information content (AvgIpc) is 3.75. The third-order valence-electron chi connectivity index (χ3n) is 10.2. The van der Waals surface area contributed by atoms with E-state index in [0.29, 0.717) is 25.5 Å². The molecular weight excluding hydrogens is 688 g/mol. The first kappa shape index (κ1) is 32.9. The van der Waals surface area contributed by atoms with Gasteiger partial charge in [-0.05, 0) is 75.2 Å². The molecule has 2 aromatic heterocycles. The second-order valence-corrected chi connectivity index (χ2v) is 14.8. The van der Waals surface area contributed by atoms with Gasteiger partial charge in [0, 0.05) is 36.1 Å². The monoisotopic (exact) mass is 720 g/mol. The van der Waals surface area contributed by atoms with Crippen molar-refractivity contribution in [1.82, 2.24) is 25.2 Å². The van der Waals surface area contributed by atoms with E-state index >= 15 is 8.78 Å². The first-order valence-corrected chi connectivity index (χ1v) is 18.1. The third-order valence-corrected chi connectivity index (χ3v) is 10.9. The van der Waals surface area contributed by atoms with E-state index in [4.69, 9.17) is 35.8 Å². The molecule has 0 aliphatic carbocycles. The van der Waals surface area contributed by atoms with Crippen LogP contribution in [0, 0.1) is 17.5 Å². The minimum absolute atomic E-state index is 0.0256. The lowest BCUT2D eigenvalue weighted by atomic mass is 9.95. The second-order valence-electron chi connectivity index (χ2n) is 13.2. The van der Waals surface area contributed by atoms with E-state index in [-0.39, 0.29) is 61.8 Å². The Labute approximate surface area is 283 Å². The van der Waals surface area contributed by atoms with E-state index in [9.17, 15) is 8.96 Å². The average molecular weight is 721 g/mol. The lowest BCUT2D eigenvalue weighted by molar-refractivity contribution is 0.0830. The van der Waals surface area contributed by atoms with Gasteiger partial charge < -0.3 is 29.5 Å². The van der Waals surface area contributed by atoms with Crippen LogP contribution in [0.1, 0.15) is 38.5 Å². The quantitative estimate of drug-likeness (QED) is 0.117. The van der Waals surface area contributed by atoms with Crippen LogP contribution in [0.2, 0.25) is 5.15 Å². The highest BCUT2D eigenvalue weighted by Gasteiger charge is 2.45. The minimum Gasteiger partial charge on any atom is -0.467 e. The Balaban J connectivity index is 1.27. The smallest absolute Gasteiger partial charge is 0.467 e. The fraction of sp³-hybridized carbons (Fsp3) is 0.469. The van der Waals surface area contributed by atoms with Crippen molar-refractivity contribution < 1.29 is 41.5 Å². The number of piperazine rings is 1. The Hall–Kier alpha value is -3.30. The summed E-state index contributed by atoms with van der Waals surface area (Å²) < 4.78 is 74.3. The maximum Gasteiger partial charge on any atom is 0.472 e. The molecule has 4 aliphatic rings. The molecule has 0 radical (unpaired) electrons. The van der Waals surface area contributed by atoms with Gasteiger partial charge in [-0.15, -0.1) is 0 Å². The number of halogens is 4. The van der Waals surface area contributed by atoms with Crippen LogP contribution in [0.25, 0.3) is 32.9 Å². The number of anilines is 1. The molecule has 3 N–H and O–H groups in total. The van der Waals surface area contributed by atoms with Crippen LogP contribution >= 0.6 is 19.4 Å². The Morgan fingerprint density at radius 2 is 1.71 bits per heavy atom. The van der Waals surface area contributed by atoms with Gasteiger partial charge in [0.2, 0.25) is 0 Å². The fourth-order valence-electron chi connectivity index (χ4n) is 8.00. The number of pyridine rings is 1. The first-order chi connectivity index (χ1) is 23.5. The van der Waals surface area contributed by atoms with Crippen LogP contribution < -0.4 is 19.7 Å². The van der Waals surface area contributed by atoms with Crippen molar-refractivity contribution in [3.8, 4) is 23.0 Å². The van der Waals surface area contributed by atoms with Gasteiger partial charge >= 0.3 is 13.8 Å². The maximum absolute atomic E-state index is 17.0. The summed E-state index contributed by atoms with van der Waals surface area (Å²) >= 11 is 6.84. The summed E-state index contributed by atoms with van der Waals surface area (Å²) in [6.07, 6.45) is 6.07. The molecule has 2 bridgehead atoms. The van der Waals surface area contributed by atoms with Crippen molar-refractivity contribution in [2.24, 2.45) is 0 Å². The maximum atomic E-state index is 17.0. The summed E-state index contributed by atoms with van der Waals surface area (Å²) in [5.41, 5.74) is -0.998. The topological polar surface area (TPSA) is 142 Å². The van der Waals surface area contributed by atoms with Crippen LogP contribution in [-0.4, -0.2) is 86.8 Å². The summed E-state index contributed by atoms with van der Waals surface area (Å²) in [5, 5.41) is 3.37. The highest BCUT2D eigenvalue weighted by molar-refractivity contribution is 7.46. The molecule has 260 valence electrons. The normalized spacial score (nSPS) is 22.0. The first-order valence-electron chi connectivity index (χ1n) is 16.2. The van der Waals surface area contributed by atoms with Gasteiger partial charge in [0.05, 0.1) is 10.9 Å². The number of hydrogen-bond donors (Lipinski definition) is 3. The zero-order valence-electron chi connectivity index (χ0n) is 26.2. The Morgan fingerprint density at radius 3 is 2.43 bits per heavy atom. The number of nitrogens with one attached hydrogen (secondary N) is 1. The van der Waals surface area contributed by atoms with Crippen molar-refractivity contribution in [3.63, 3.8) is 0 Å². The van der Waals surface area contributed by atoms with Gasteiger partial charge in [-0.1, -0.05) is 17.7 Å². The molecule has 49 heavy (non-hydrogen) atoms. The van der Waals surface area contributed by atoms with E-state index in [1.807, 2.05) is 4.90 Å². The summed E-state index contributed by atoms with van der Waals surface area (Å²) in [5.74, 6) is -3.12. The lowest BCUT2D eigenvalue weighted by Gasteiger charge is -2.35. The minimum atomic E-state index is -4.88. The summed E-state index contributed by atoms with van der Waals surface area (Å²) in [7, 11) is -4.88. The van der Waals surface area contributed by atoms with Gasteiger partial charge in [0.15, 0.2) is 24.2 Å². The summed E-state index contributed by atoms with van der Waals surface area (Å²) in [6, 6.07) is 5.03. The zero-order chi connectivity index (χ0) is 34.1. The Kier molecular flexibility index (Phi) is 8.37. The molecule has 17 heteroatoms. The van der Waals surface area contributed by atoms with E-state index < -0.39 is 37.8 Å². The van der Waals surface area contributed by atoms with Crippen molar-refractivity contribution in [2.75, 3.05) is 44.5 Å². The van der Waals surface area contributed by atoms with Crippen LogP contribution in [0.3, 0.4) is 0 Å². The van der Waals surface area contributed by atoms with Crippen LogP contribution in [-0.2, 0) is 9.09 Å². The predicted molar refractivity (Wildman–Crippen MR) is 174 cm³/mol. The van der Waals surface area contributed by atoms with Gasteiger partial charge in [0.1, 0.15) is 34.5 Å². The number of phosphoric ester groups is 1. The van der Waals surface area contributed by atoms with Crippen LogP contribution in [0.4, 0.5) is 19.0 Å². The highest BCUT2D eigenvalue weighted by atomic mass is 35.5. The molecule has 2 aromatic carbocycles. The molecule has 0 spiro atoms. The fourth-order valence-corrected chi connectivity index (χ4v) is 8.45. The molecule has 8 rings (SSSR count). The number of fused-ring (bicyclic) bond motifs is 5. The lowest BCUT2D eigenvalue weighted by Crippen LogP contribution is -2.51. The molecule has 0 saturated carbocycles. The number of aromatic nitrogens is 3. The molecule has 4 aromatic rings. The number of nitrogens with zero attached hydrogens (tertiary/aromatic N) is 5. The second kappa shape index (κ2) is 12.5. The number of rotatable bonds is 9. The molecule has 2 atom stereocenters. The Morgan fingerprint density at radius 1 is 0.980 bits per heavy atom. The molecule has 6 heterocycles. The largest absolute Gasteiger partial charge is 0.472 e. The molecule has 12 nitrogen and oxygen atoms in total. The van der Waals surface area contributed by atoms with E-state index in [1.165, 1.54) is 18.2 Å².